The molecule has 0 spiro atoms. The first-order valence-corrected chi connectivity index (χ1v) is 7.40. The molecule has 17 heavy (non-hydrogen) atoms. The van der Waals surface area contributed by atoms with Crippen molar-refractivity contribution < 1.29 is 0 Å². The van der Waals surface area contributed by atoms with Gasteiger partial charge in [-0.3, -0.25) is 0 Å². The largest absolute Gasteiger partial charge is 0.330 e. The summed E-state index contributed by atoms with van der Waals surface area (Å²) in [6, 6.07) is 0. The summed E-state index contributed by atoms with van der Waals surface area (Å²) in [6.07, 6.45) is 6.94. The summed E-state index contributed by atoms with van der Waals surface area (Å²) in [5, 5.41) is 4.62. The normalized spacial score (nSPS) is 12.9. The molecule has 4 heteroatoms. The monoisotopic (exact) mass is 255 g/mol. The van der Waals surface area contributed by atoms with Gasteiger partial charge in [-0.15, -0.1) is 11.3 Å². The van der Waals surface area contributed by atoms with Crippen molar-refractivity contribution >= 4 is 11.3 Å². The van der Waals surface area contributed by atoms with E-state index >= 15 is 0 Å². The molecule has 0 saturated carbocycles. The van der Waals surface area contributed by atoms with Crippen LogP contribution >= 0.6 is 11.3 Å². The van der Waals surface area contributed by atoms with Crippen molar-refractivity contribution in [1.29, 1.82) is 0 Å². The molecule has 3 N–H and O–H groups in total. The zero-order chi connectivity index (χ0) is 12.5. The Morgan fingerprint density at radius 3 is 2.88 bits per heavy atom. The number of hydrogen-bond donors (Lipinski definition) is 2. The van der Waals surface area contributed by atoms with Gasteiger partial charge in [-0.05, 0) is 45.2 Å². The molecular weight excluding hydrogens is 230 g/mol. The van der Waals surface area contributed by atoms with Crippen LogP contribution in [0.5, 0.6) is 0 Å². The number of aromatic nitrogens is 1. The van der Waals surface area contributed by atoms with Gasteiger partial charge >= 0.3 is 0 Å². The molecule has 3 nitrogen and oxygen atoms in total. The maximum Gasteiger partial charge on any atom is 0.0897 e. The fraction of sp³-hybridized carbons (Fsp3) is 0.769. The highest BCUT2D eigenvalue weighted by Gasteiger charge is 2.04. The van der Waals surface area contributed by atoms with Gasteiger partial charge in [0.1, 0.15) is 0 Å². The molecule has 1 rings (SSSR count). The Morgan fingerprint density at radius 1 is 1.47 bits per heavy atom. The van der Waals surface area contributed by atoms with Gasteiger partial charge in [-0.25, -0.2) is 4.98 Å². The number of nitrogens with two attached hydrogens (primary N) is 1. The van der Waals surface area contributed by atoms with E-state index < -0.39 is 0 Å². The minimum Gasteiger partial charge on any atom is -0.330 e. The van der Waals surface area contributed by atoms with E-state index in [0.29, 0.717) is 0 Å². The minimum absolute atomic E-state index is 0.812. The van der Waals surface area contributed by atoms with Crippen LogP contribution in [0.2, 0.25) is 0 Å². The van der Waals surface area contributed by atoms with Crippen LogP contribution in [0.1, 0.15) is 42.5 Å². The van der Waals surface area contributed by atoms with Gasteiger partial charge in [0, 0.05) is 17.6 Å². The van der Waals surface area contributed by atoms with Crippen LogP contribution in [0.15, 0.2) is 6.20 Å². The first-order valence-electron chi connectivity index (χ1n) is 6.58. The topological polar surface area (TPSA) is 50.9 Å². The second kappa shape index (κ2) is 8.61. The Balaban J connectivity index is 2.04. The van der Waals surface area contributed by atoms with Crippen LogP contribution in [0.25, 0.3) is 0 Å². The predicted octanol–water partition coefficient (Wildman–Crippen LogP) is 2.70. The van der Waals surface area contributed by atoms with Gasteiger partial charge in [0.25, 0.3) is 0 Å². The molecule has 1 aromatic heterocycles. The van der Waals surface area contributed by atoms with Crippen molar-refractivity contribution in [3.05, 3.63) is 16.1 Å². The lowest BCUT2D eigenvalue weighted by Crippen LogP contribution is -2.16. The number of nitrogens with one attached hydrogen (secondary N) is 1. The Kier molecular flexibility index (Phi) is 7.40. The third-order valence-corrected chi connectivity index (χ3v) is 4.00. The van der Waals surface area contributed by atoms with E-state index in [9.17, 15) is 0 Å². The van der Waals surface area contributed by atoms with Crippen LogP contribution in [-0.2, 0) is 6.54 Å². The Labute approximate surface area is 109 Å². The summed E-state index contributed by atoms with van der Waals surface area (Å²) in [4.78, 5) is 5.58. The van der Waals surface area contributed by atoms with Gasteiger partial charge in [0.2, 0.25) is 0 Å². The van der Waals surface area contributed by atoms with E-state index in [4.69, 9.17) is 5.73 Å². The SMILES string of the molecule is CCC(CCN)CCCNCc1cnc(C)s1. The molecule has 0 aliphatic carbocycles. The lowest BCUT2D eigenvalue weighted by atomic mass is 9.97. The smallest absolute Gasteiger partial charge is 0.0897 e. The number of aryl methyl sites for hydroxylation is 1. The number of rotatable bonds is 9. The molecule has 0 aliphatic rings. The van der Waals surface area contributed by atoms with Crippen molar-refractivity contribution in [2.45, 2.75) is 46.1 Å². The van der Waals surface area contributed by atoms with Crippen LogP contribution < -0.4 is 11.1 Å². The lowest BCUT2D eigenvalue weighted by molar-refractivity contribution is 0.422. The molecule has 0 aliphatic heterocycles. The third-order valence-electron chi connectivity index (χ3n) is 3.09. The molecule has 1 atom stereocenters. The fourth-order valence-electron chi connectivity index (χ4n) is 2.00. The van der Waals surface area contributed by atoms with E-state index in [-0.39, 0.29) is 0 Å². The maximum absolute atomic E-state index is 5.59. The Bertz CT molecular complexity index is 299. The first-order chi connectivity index (χ1) is 8.26. The molecule has 1 unspecified atom stereocenters. The maximum atomic E-state index is 5.59. The second-order valence-electron chi connectivity index (χ2n) is 4.52. The fourth-order valence-corrected chi connectivity index (χ4v) is 2.77. The first kappa shape index (κ1) is 14.6. The minimum atomic E-state index is 0.812. The molecule has 1 aromatic rings. The van der Waals surface area contributed by atoms with Gasteiger partial charge < -0.3 is 11.1 Å². The molecule has 0 amide bonds. The number of thiazole rings is 1. The quantitative estimate of drug-likeness (QED) is 0.667. The van der Waals surface area contributed by atoms with E-state index in [1.54, 1.807) is 11.3 Å². The third kappa shape index (κ3) is 6.15. The van der Waals surface area contributed by atoms with Crippen molar-refractivity contribution in [3.63, 3.8) is 0 Å². The zero-order valence-electron chi connectivity index (χ0n) is 11.0. The summed E-state index contributed by atoms with van der Waals surface area (Å²) >= 11 is 1.77. The summed E-state index contributed by atoms with van der Waals surface area (Å²) in [7, 11) is 0. The standard InChI is InChI=1S/C13H25N3S/c1-3-12(6-7-14)5-4-8-15-9-13-10-16-11(2)17-13/h10,12,15H,3-9,14H2,1-2H3. The van der Waals surface area contributed by atoms with E-state index in [2.05, 4.69) is 17.2 Å². The molecular formula is C13H25N3S. The molecule has 1 heterocycles. The molecule has 0 radical (unpaired) electrons. The Hall–Kier alpha value is -0.450. The summed E-state index contributed by atoms with van der Waals surface area (Å²) < 4.78 is 0. The molecule has 0 bridgehead atoms. The molecule has 0 saturated heterocycles. The van der Waals surface area contributed by atoms with E-state index in [1.807, 2.05) is 13.1 Å². The van der Waals surface area contributed by atoms with Gasteiger partial charge in [0.05, 0.1) is 5.01 Å². The highest BCUT2D eigenvalue weighted by molar-refractivity contribution is 7.11. The van der Waals surface area contributed by atoms with Crippen LogP contribution in [0.4, 0.5) is 0 Å². The molecule has 0 aromatic carbocycles. The van der Waals surface area contributed by atoms with E-state index in [1.165, 1.54) is 30.6 Å². The van der Waals surface area contributed by atoms with E-state index in [0.717, 1.165) is 30.6 Å². The molecule has 0 fully saturated rings. The summed E-state index contributed by atoms with van der Waals surface area (Å²) in [5.74, 6) is 0.812. The summed E-state index contributed by atoms with van der Waals surface area (Å²) in [5.41, 5.74) is 5.59. The zero-order valence-corrected chi connectivity index (χ0v) is 11.9. The average molecular weight is 255 g/mol. The lowest BCUT2D eigenvalue weighted by Gasteiger charge is -2.13. The van der Waals surface area contributed by atoms with Crippen LogP contribution in [0.3, 0.4) is 0 Å². The number of nitrogens with zero attached hydrogens (tertiary/aromatic N) is 1. The number of hydrogen-bond acceptors (Lipinski definition) is 4. The Morgan fingerprint density at radius 2 is 2.29 bits per heavy atom. The van der Waals surface area contributed by atoms with Gasteiger partial charge in [-0.1, -0.05) is 13.3 Å². The highest BCUT2D eigenvalue weighted by Crippen LogP contribution is 2.14. The molecule has 98 valence electrons. The van der Waals surface area contributed by atoms with Crippen molar-refractivity contribution in [2.24, 2.45) is 11.7 Å². The summed E-state index contributed by atoms with van der Waals surface area (Å²) in [6.45, 7) is 7.18. The van der Waals surface area contributed by atoms with Gasteiger partial charge in [-0.2, -0.15) is 0 Å². The predicted molar refractivity (Wildman–Crippen MR) is 75.2 cm³/mol. The second-order valence-corrected chi connectivity index (χ2v) is 5.84. The van der Waals surface area contributed by atoms with Crippen molar-refractivity contribution in [1.82, 2.24) is 10.3 Å². The van der Waals surface area contributed by atoms with Crippen LogP contribution in [-0.4, -0.2) is 18.1 Å². The highest BCUT2D eigenvalue weighted by atomic mass is 32.1. The van der Waals surface area contributed by atoms with Crippen molar-refractivity contribution in [2.75, 3.05) is 13.1 Å². The van der Waals surface area contributed by atoms with Crippen molar-refractivity contribution in [3.8, 4) is 0 Å². The van der Waals surface area contributed by atoms with Crippen LogP contribution in [0, 0.1) is 12.8 Å². The average Bonchev–Trinajstić information content (AvgIpc) is 2.73. The van der Waals surface area contributed by atoms with Gasteiger partial charge in [0.15, 0.2) is 0 Å².